The Morgan fingerprint density at radius 1 is 0.395 bits per heavy atom. The van der Waals surface area contributed by atoms with E-state index < -0.39 is 77.9 Å². The summed E-state index contributed by atoms with van der Waals surface area (Å²) in [7, 11) is 0. The van der Waals surface area contributed by atoms with Gasteiger partial charge in [-0.25, -0.2) is 4.39 Å². The van der Waals surface area contributed by atoms with Crippen molar-refractivity contribution in [2.45, 2.75) is 84.9 Å². The number of hydrogen-bond acceptors (Lipinski definition) is 1. The van der Waals surface area contributed by atoms with E-state index >= 15 is 0 Å². The van der Waals surface area contributed by atoms with E-state index in [9.17, 15) is 101 Å². The lowest BCUT2D eigenvalue weighted by Crippen LogP contribution is -2.80. The van der Waals surface area contributed by atoms with Crippen LogP contribution in [0.25, 0.3) is 0 Å². The third kappa shape index (κ3) is 4.38. The summed E-state index contributed by atoms with van der Waals surface area (Å²) in [4.78, 5) is 0. The largest absolute Gasteiger partial charge is 0.457 e. The number of aliphatic hydroxyl groups is 1. The van der Waals surface area contributed by atoms with Gasteiger partial charge in [0, 0.05) is 6.42 Å². The molecule has 0 fully saturated rings. The van der Waals surface area contributed by atoms with Gasteiger partial charge in [0.05, 0.1) is 6.10 Å². The van der Waals surface area contributed by atoms with Gasteiger partial charge in [-0.1, -0.05) is 0 Å². The van der Waals surface area contributed by atoms with E-state index in [-0.39, 0.29) is 6.92 Å². The van der Waals surface area contributed by atoms with Gasteiger partial charge >= 0.3 is 65.4 Å². The van der Waals surface area contributed by atoms with Crippen molar-refractivity contribution in [2.24, 2.45) is 0 Å². The average molecular weight is 628 g/mol. The smallest absolute Gasteiger partial charge is 0.393 e. The van der Waals surface area contributed by atoms with E-state index in [1.54, 1.807) is 0 Å². The summed E-state index contributed by atoms with van der Waals surface area (Å²) in [6.45, 7) is 0.0163. The molecule has 230 valence electrons. The van der Waals surface area contributed by atoms with Crippen molar-refractivity contribution in [3.05, 3.63) is 0 Å². The second kappa shape index (κ2) is 8.93. The summed E-state index contributed by atoms with van der Waals surface area (Å²) in [5, 5.41) is 8.50. The standard InChI is InChI=1S/C14H7F23O/c1-3(38)2-4(15,16)6(18,19)9(24,25)11(28,29)12(30,31)10(26,27)7(20,21)5(17,13(32,33)34)8(22,23)14(35,36)37/h3,38H,2H2,1H3. The molecule has 0 amide bonds. The summed E-state index contributed by atoms with van der Waals surface area (Å²) in [5.41, 5.74) is -9.41. The monoisotopic (exact) mass is 628 g/mol. The van der Waals surface area contributed by atoms with Crippen LogP contribution in [-0.2, 0) is 0 Å². The first-order valence-corrected chi connectivity index (χ1v) is 8.44. The van der Waals surface area contributed by atoms with Crippen LogP contribution in [0.5, 0.6) is 0 Å². The first-order valence-electron chi connectivity index (χ1n) is 8.44. The molecule has 0 aliphatic rings. The van der Waals surface area contributed by atoms with Crippen LogP contribution in [0, 0.1) is 0 Å². The number of hydrogen-bond donors (Lipinski definition) is 1. The van der Waals surface area contributed by atoms with E-state index in [4.69, 9.17) is 5.11 Å². The van der Waals surface area contributed by atoms with Crippen LogP contribution in [0.15, 0.2) is 0 Å². The Kier molecular flexibility index (Phi) is 8.54. The summed E-state index contributed by atoms with van der Waals surface area (Å²) in [5.74, 6) is -70.6. The molecule has 0 saturated carbocycles. The van der Waals surface area contributed by atoms with Crippen LogP contribution in [0.2, 0.25) is 0 Å². The predicted molar refractivity (Wildman–Crippen MR) is 71.8 cm³/mol. The third-order valence-electron chi connectivity index (χ3n) is 4.59. The van der Waals surface area contributed by atoms with Crippen molar-refractivity contribution in [3.8, 4) is 0 Å². The van der Waals surface area contributed by atoms with Gasteiger partial charge in [-0.05, 0) is 6.92 Å². The number of alkyl halides is 23. The lowest BCUT2D eigenvalue weighted by Gasteiger charge is -2.47. The summed E-state index contributed by atoms with van der Waals surface area (Å²) in [6.07, 6.45) is -23.2. The Bertz CT molecular complexity index is 847. The molecule has 1 nitrogen and oxygen atoms in total. The van der Waals surface area contributed by atoms with Crippen molar-refractivity contribution >= 4 is 0 Å². The Morgan fingerprint density at radius 3 is 0.895 bits per heavy atom. The van der Waals surface area contributed by atoms with Gasteiger partial charge in [0.25, 0.3) is 0 Å². The number of aliphatic hydroxyl groups excluding tert-OH is 1. The lowest BCUT2D eigenvalue weighted by atomic mass is 9.80. The molecule has 0 spiro atoms. The van der Waals surface area contributed by atoms with E-state index in [1.165, 1.54) is 0 Å². The minimum Gasteiger partial charge on any atom is -0.393 e. The molecule has 0 radical (unpaired) electrons. The zero-order valence-corrected chi connectivity index (χ0v) is 16.9. The fraction of sp³-hybridized carbons (Fsp3) is 1.00. The van der Waals surface area contributed by atoms with Crippen molar-refractivity contribution in [3.63, 3.8) is 0 Å². The van der Waals surface area contributed by atoms with Crippen LogP contribution in [0.1, 0.15) is 13.3 Å². The zero-order chi connectivity index (χ0) is 31.8. The number of rotatable bonds is 10. The molecule has 0 aliphatic heterocycles. The fourth-order valence-corrected chi connectivity index (χ4v) is 2.48. The highest BCUT2D eigenvalue weighted by Crippen LogP contribution is 2.68. The summed E-state index contributed by atoms with van der Waals surface area (Å²) in [6, 6.07) is 0. The predicted octanol–water partition coefficient (Wildman–Crippen LogP) is 7.67. The van der Waals surface area contributed by atoms with Crippen molar-refractivity contribution < 1.29 is 106 Å². The zero-order valence-electron chi connectivity index (χ0n) is 16.9. The van der Waals surface area contributed by atoms with Crippen molar-refractivity contribution in [1.29, 1.82) is 0 Å². The van der Waals surface area contributed by atoms with Crippen LogP contribution in [-0.4, -0.2) is 76.6 Å². The van der Waals surface area contributed by atoms with Gasteiger partial charge in [0.1, 0.15) is 0 Å². The molecule has 0 bridgehead atoms. The molecular weight excluding hydrogens is 621 g/mol. The SMILES string of the molecule is CC(O)CC(F)(F)C(F)(F)C(F)(F)C(F)(F)C(F)(F)C(F)(F)C(F)(F)C(F)(C(F)(F)F)C(F)(F)C(F)(F)F. The van der Waals surface area contributed by atoms with Crippen LogP contribution in [0.4, 0.5) is 101 Å². The molecule has 0 aliphatic carbocycles. The van der Waals surface area contributed by atoms with Gasteiger partial charge in [-0.3, -0.25) is 0 Å². The highest BCUT2D eigenvalue weighted by atomic mass is 19.4. The first kappa shape index (κ1) is 36.4. The van der Waals surface area contributed by atoms with E-state index in [0.29, 0.717) is 0 Å². The van der Waals surface area contributed by atoms with Gasteiger partial charge < -0.3 is 5.11 Å². The van der Waals surface area contributed by atoms with E-state index in [2.05, 4.69) is 0 Å². The Balaban J connectivity index is 7.46. The van der Waals surface area contributed by atoms with E-state index in [1.807, 2.05) is 0 Å². The molecule has 24 heteroatoms. The Labute approximate surface area is 192 Å². The summed E-state index contributed by atoms with van der Waals surface area (Å²) >= 11 is 0. The molecular formula is C14H7F23O. The van der Waals surface area contributed by atoms with Gasteiger partial charge in [0.15, 0.2) is 0 Å². The molecule has 2 atom stereocenters. The highest BCUT2D eigenvalue weighted by Gasteiger charge is 3.00. The first-order chi connectivity index (χ1) is 15.9. The van der Waals surface area contributed by atoms with Crippen LogP contribution >= 0.6 is 0 Å². The van der Waals surface area contributed by atoms with Crippen molar-refractivity contribution in [2.75, 3.05) is 0 Å². The summed E-state index contributed by atoms with van der Waals surface area (Å²) < 4.78 is 303. The fourth-order valence-electron chi connectivity index (χ4n) is 2.48. The Morgan fingerprint density at radius 2 is 0.658 bits per heavy atom. The molecule has 1 N–H and O–H groups in total. The minimum atomic E-state index is -9.60. The molecule has 0 heterocycles. The van der Waals surface area contributed by atoms with Gasteiger partial charge in [-0.2, -0.15) is 96.6 Å². The molecule has 0 aromatic rings. The third-order valence-corrected chi connectivity index (χ3v) is 4.59. The average Bonchev–Trinajstić information content (AvgIpc) is 2.63. The van der Waals surface area contributed by atoms with Crippen LogP contribution in [0.3, 0.4) is 0 Å². The maximum Gasteiger partial charge on any atom is 0.457 e. The highest BCUT2D eigenvalue weighted by molar-refractivity contribution is 5.22. The Hall–Kier alpha value is -1.65. The normalized spacial score (nSPS) is 18.9. The number of halogens is 23. The molecule has 0 saturated heterocycles. The topological polar surface area (TPSA) is 20.2 Å². The van der Waals surface area contributed by atoms with Crippen LogP contribution < -0.4 is 0 Å². The maximum atomic E-state index is 13.7. The molecule has 2 unspecified atom stereocenters. The molecule has 0 aromatic heterocycles. The molecule has 0 aromatic carbocycles. The van der Waals surface area contributed by atoms with Crippen molar-refractivity contribution in [1.82, 2.24) is 0 Å². The second-order valence-electron chi connectivity index (χ2n) is 7.43. The molecule has 38 heavy (non-hydrogen) atoms. The lowest BCUT2D eigenvalue weighted by molar-refractivity contribution is -0.483. The second-order valence-corrected chi connectivity index (χ2v) is 7.43. The quantitative estimate of drug-likeness (QED) is 0.247. The molecule has 0 rings (SSSR count). The van der Waals surface area contributed by atoms with Gasteiger partial charge in [0.2, 0.25) is 0 Å². The van der Waals surface area contributed by atoms with E-state index in [0.717, 1.165) is 0 Å². The van der Waals surface area contributed by atoms with Gasteiger partial charge in [-0.15, -0.1) is 0 Å². The minimum absolute atomic E-state index is 0.0163. The maximum absolute atomic E-state index is 13.7.